The Hall–Kier alpha value is -3.54. The number of urea groups is 1. The molecule has 0 saturated carbocycles. The Labute approximate surface area is 176 Å². The van der Waals surface area contributed by atoms with E-state index >= 15 is 0 Å². The van der Waals surface area contributed by atoms with E-state index in [1.807, 2.05) is 18.3 Å². The fraction of sp³-hybridized carbons (Fsp3) is 0.250. The van der Waals surface area contributed by atoms with E-state index in [4.69, 9.17) is 0 Å². The third-order valence-corrected chi connectivity index (χ3v) is 5.09. The minimum atomic E-state index is -0.411. The number of benzene rings is 2. The number of methoxy groups -OCH3 is 1. The van der Waals surface area contributed by atoms with Gasteiger partial charge in [0.1, 0.15) is 0 Å². The first-order valence-electron chi connectivity index (χ1n) is 9.81. The van der Waals surface area contributed by atoms with Crippen molar-refractivity contribution in [1.29, 1.82) is 0 Å². The molecule has 2 N–H and O–H groups in total. The van der Waals surface area contributed by atoms with Crippen LogP contribution in [0, 0.1) is 20.8 Å². The molecule has 3 aromatic rings. The molecule has 2 amide bonds. The molecule has 0 aliphatic carbocycles. The lowest BCUT2D eigenvalue weighted by Gasteiger charge is -2.15. The molecule has 156 valence electrons. The first kappa shape index (κ1) is 21.2. The van der Waals surface area contributed by atoms with Gasteiger partial charge >= 0.3 is 12.0 Å². The van der Waals surface area contributed by atoms with E-state index < -0.39 is 5.97 Å². The molecule has 6 nitrogen and oxygen atoms in total. The van der Waals surface area contributed by atoms with E-state index in [2.05, 4.69) is 52.8 Å². The van der Waals surface area contributed by atoms with Crippen LogP contribution in [0.25, 0.3) is 0 Å². The number of aromatic nitrogens is 1. The number of rotatable bonds is 6. The van der Waals surface area contributed by atoms with Gasteiger partial charge in [-0.05, 0) is 73.9 Å². The van der Waals surface area contributed by atoms with Gasteiger partial charge in [0.05, 0.1) is 19.2 Å². The van der Waals surface area contributed by atoms with Crippen molar-refractivity contribution < 1.29 is 14.3 Å². The summed E-state index contributed by atoms with van der Waals surface area (Å²) in [6, 6.07) is 14.6. The Bertz CT molecular complexity index is 1030. The maximum absolute atomic E-state index is 12.3. The quantitative estimate of drug-likeness (QED) is 0.590. The number of carbonyl (C=O) groups is 2. The molecule has 30 heavy (non-hydrogen) atoms. The van der Waals surface area contributed by atoms with Crippen LogP contribution in [0.4, 0.5) is 10.5 Å². The second kappa shape index (κ2) is 9.31. The van der Waals surface area contributed by atoms with Crippen molar-refractivity contribution in [3.8, 4) is 0 Å². The lowest BCUT2D eigenvalue weighted by Crippen LogP contribution is -2.29. The maximum Gasteiger partial charge on any atom is 0.337 e. The summed E-state index contributed by atoms with van der Waals surface area (Å²) in [6.07, 6.45) is 2.03. The van der Waals surface area contributed by atoms with E-state index in [0.29, 0.717) is 17.8 Å². The zero-order chi connectivity index (χ0) is 21.7. The predicted octanol–water partition coefficient (Wildman–Crippen LogP) is 4.57. The molecule has 0 atom stereocenters. The number of ether oxygens (including phenoxy) is 1. The van der Waals surface area contributed by atoms with Gasteiger partial charge in [-0.1, -0.05) is 17.7 Å². The van der Waals surface area contributed by atoms with Crippen molar-refractivity contribution in [2.75, 3.05) is 12.4 Å². The van der Waals surface area contributed by atoms with Gasteiger partial charge in [0.25, 0.3) is 0 Å². The van der Waals surface area contributed by atoms with Crippen LogP contribution in [0.1, 0.15) is 38.3 Å². The smallest absolute Gasteiger partial charge is 0.337 e. The molecule has 0 spiro atoms. The number of hydrogen-bond acceptors (Lipinski definition) is 3. The summed E-state index contributed by atoms with van der Waals surface area (Å²) in [6.45, 7) is 7.54. The molecule has 2 aromatic carbocycles. The third kappa shape index (κ3) is 5.08. The average Bonchev–Trinajstić information content (AvgIpc) is 3.16. The Morgan fingerprint density at radius 2 is 1.67 bits per heavy atom. The van der Waals surface area contributed by atoms with Crippen LogP contribution in [-0.2, 0) is 17.8 Å². The molecule has 1 heterocycles. The molecule has 0 fully saturated rings. The van der Waals surface area contributed by atoms with E-state index in [0.717, 1.165) is 12.2 Å². The number of nitrogens with one attached hydrogen (secondary N) is 2. The molecule has 0 radical (unpaired) electrons. The van der Waals surface area contributed by atoms with Crippen molar-refractivity contribution in [2.24, 2.45) is 0 Å². The highest BCUT2D eigenvalue weighted by Gasteiger charge is 2.10. The van der Waals surface area contributed by atoms with Gasteiger partial charge in [-0.25, -0.2) is 9.59 Å². The molecule has 0 aliphatic heterocycles. The van der Waals surface area contributed by atoms with Gasteiger partial charge in [0.15, 0.2) is 0 Å². The van der Waals surface area contributed by atoms with Gasteiger partial charge in [-0.3, -0.25) is 0 Å². The van der Waals surface area contributed by atoms with E-state index in [-0.39, 0.29) is 6.03 Å². The van der Waals surface area contributed by atoms with Crippen LogP contribution >= 0.6 is 0 Å². The lowest BCUT2D eigenvalue weighted by atomic mass is 10.00. The molecule has 3 rings (SSSR count). The summed E-state index contributed by atoms with van der Waals surface area (Å²) in [4.78, 5) is 23.8. The van der Waals surface area contributed by atoms with E-state index in [1.165, 1.54) is 29.4 Å². The summed E-state index contributed by atoms with van der Waals surface area (Å²) in [5, 5.41) is 5.65. The highest BCUT2D eigenvalue weighted by Crippen LogP contribution is 2.19. The Balaban J connectivity index is 1.60. The van der Waals surface area contributed by atoms with Gasteiger partial charge in [0, 0.05) is 24.1 Å². The summed E-state index contributed by atoms with van der Waals surface area (Å²) in [5.74, 6) is -0.411. The highest BCUT2D eigenvalue weighted by molar-refractivity contribution is 5.92. The topological polar surface area (TPSA) is 72.4 Å². The fourth-order valence-electron chi connectivity index (χ4n) is 3.55. The molecule has 0 unspecified atom stereocenters. The Morgan fingerprint density at radius 1 is 1.00 bits per heavy atom. The maximum atomic E-state index is 12.3. The zero-order valence-corrected chi connectivity index (χ0v) is 17.8. The van der Waals surface area contributed by atoms with Crippen molar-refractivity contribution in [3.05, 3.63) is 88.2 Å². The number of amides is 2. The Morgan fingerprint density at radius 3 is 2.30 bits per heavy atom. The molecular weight excluding hydrogens is 378 g/mol. The van der Waals surface area contributed by atoms with E-state index in [1.54, 1.807) is 24.3 Å². The standard InChI is InChI=1S/C24H27N3O3/c1-16-12-17(2)22(18(3)13-16)15-27-11-5-6-21(27)14-25-24(29)26-20-9-7-19(8-10-20)23(28)30-4/h5-13H,14-15H2,1-4H3,(H2,25,26,29). The predicted molar refractivity (Wildman–Crippen MR) is 118 cm³/mol. The van der Waals surface area contributed by atoms with Gasteiger partial charge in [-0.15, -0.1) is 0 Å². The van der Waals surface area contributed by atoms with Crippen LogP contribution in [-0.4, -0.2) is 23.7 Å². The number of anilines is 1. The molecule has 0 saturated heterocycles. The Kier molecular flexibility index (Phi) is 6.57. The van der Waals surface area contributed by atoms with Crippen LogP contribution < -0.4 is 10.6 Å². The van der Waals surface area contributed by atoms with Crippen molar-refractivity contribution in [1.82, 2.24) is 9.88 Å². The largest absolute Gasteiger partial charge is 0.465 e. The fourth-order valence-corrected chi connectivity index (χ4v) is 3.55. The molecule has 0 bridgehead atoms. The normalized spacial score (nSPS) is 10.5. The summed E-state index contributed by atoms with van der Waals surface area (Å²) < 4.78 is 6.82. The van der Waals surface area contributed by atoms with Gasteiger partial charge < -0.3 is 19.9 Å². The number of aryl methyl sites for hydroxylation is 3. The molecular formula is C24H27N3O3. The molecule has 0 aliphatic rings. The highest BCUT2D eigenvalue weighted by atomic mass is 16.5. The van der Waals surface area contributed by atoms with Crippen LogP contribution in [0.15, 0.2) is 54.7 Å². The van der Waals surface area contributed by atoms with Crippen molar-refractivity contribution in [3.63, 3.8) is 0 Å². The first-order chi connectivity index (χ1) is 14.4. The second-order valence-corrected chi connectivity index (χ2v) is 7.38. The number of nitrogens with zero attached hydrogens (tertiary/aromatic N) is 1. The third-order valence-electron chi connectivity index (χ3n) is 5.09. The summed E-state index contributed by atoms with van der Waals surface area (Å²) >= 11 is 0. The summed E-state index contributed by atoms with van der Waals surface area (Å²) in [7, 11) is 1.33. The molecule has 1 aromatic heterocycles. The van der Waals surface area contributed by atoms with Crippen molar-refractivity contribution in [2.45, 2.75) is 33.9 Å². The average molecular weight is 405 g/mol. The molecule has 6 heteroatoms. The van der Waals surface area contributed by atoms with Gasteiger partial charge in [-0.2, -0.15) is 0 Å². The second-order valence-electron chi connectivity index (χ2n) is 7.38. The monoisotopic (exact) mass is 405 g/mol. The first-order valence-corrected chi connectivity index (χ1v) is 9.81. The minimum absolute atomic E-state index is 0.309. The van der Waals surface area contributed by atoms with Crippen LogP contribution in [0.2, 0.25) is 0 Å². The van der Waals surface area contributed by atoms with E-state index in [9.17, 15) is 9.59 Å². The minimum Gasteiger partial charge on any atom is -0.465 e. The van der Waals surface area contributed by atoms with Crippen LogP contribution in [0.5, 0.6) is 0 Å². The van der Waals surface area contributed by atoms with Crippen molar-refractivity contribution >= 4 is 17.7 Å². The lowest BCUT2D eigenvalue weighted by molar-refractivity contribution is 0.0600. The SMILES string of the molecule is COC(=O)c1ccc(NC(=O)NCc2cccn2Cc2c(C)cc(C)cc2C)cc1. The number of esters is 1. The number of carbonyl (C=O) groups excluding carboxylic acids is 2. The zero-order valence-electron chi connectivity index (χ0n) is 17.8. The number of hydrogen-bond donors (Lipinski definition) is 2. The van der Waals surface area contributed by atoms with Crippen LogP contribution in [0.3, 0.4) is 0 Å². The van der Waals surface area contributed by atoms with Gasteiger partial charge in [0.2, 0.25) is 0 Å². The summed E-state index contributed by atoms with van der Waals surface area (Å²) in [5.41, 5.74) is 7.16.